The maximum atomic E-state index is 12.2. The van der Waals surface area contributed by atoms with Crippen molar-refractivity contribution in [3.05, 3.63) is 0 Å². The molecule has 1 fully saturated rings. The van der Waals surface area contributed by atoms with E-state index in [0.29, 0.717) is 25.4 Å². The summed E-state index contributed by atoms with van der Waals surface area (Å²) in [5, 5.41) is 3.24. The van der Waals surface area contributed by atoms with Crippen molar-refractivity contribution in [3.63, 3.8) is 0 Å². The molecule has 0 atom stereocenters. The van der Waals surface area contributed by atoms with Crippen LogP contribution in [0.25, 0.3) is 0 Å². The molecule has 0 spiro atoms. The van der Waals surface area contributed by atoms with Crippen molar-refractivity contribution in [2.45, 2.75) is 39.2 Å². The quantitative estimate of drug-likeness (QED) is 0.677. The van der Waals surface area contributed by atoms with E-state index in [1.54, 1.807) is 0 Å². The van der Waals surface area contributed by atoms with Crippen LogP contribution < -0.4 is 5.32 Å². The second kappa shape index (κ2) is 7.72. The molecule has 0 amide bonds. The molecule has 1 N–H and O–H groups in total. The highest BCUT2D eigenvalue weighted by Gasteiger charge is 2.26. The first-order chi connectivity index (χ1) is 9.23. The Hall–Kier alpha value is -0.180. The lowest BCUT2D eigenvalue weighted by atomic mass is 10.3. The van der Waals surface area contributed by atoms with Gasteiger partial charge in [0.05, 0.1) is 17.3 Å². The van der Waals surface area contributed by atoms with Gasteiger partial charge in [0.25, 0.3) is 0 Å². The van der Waals surface area contributed by atoms with Crippen molar-refractivity contribution in [2.24, 2.45) is 0 Å². The number of rotatable bonds is 7. The van der Waals surface area contributed by atoms with Crippen molar-refractivity contribution in [1.82, 2.24) is 9.62 Å². The molecule has 0 bridgehead atoms. The van der Waals surface area contributed by atoms with E-state index in [0.717, 1.165) is 13.0 Å². The maximum absolute atomic E-state index is 12.2. The molecule has 1 rings (SSSR count). The third kappa shape index (κ3) is 6.51. The van der Waals surface area contributed by atoms with Gasteiger partial charge >= 0.3 is 0 Å². The molecule has 6 nitrogen and oxygen atoms in total. The zero-order valence-electron chi connectivity index (χ0n) is 12.3. The van der Waals surface area contributed by atoms with Crippen molar-refractivity contribution < 1.29 is 16.8 Å². The summed E-state index contributed by atoms with van der Waals surface area (Å²) in [4.78, 5) is 0. The first-order valence-electron chi connectivity index (χ1n) is 7.14. The molecule has 1 aliphatic heterocycles. The van der Waals surface area contributed by atoms with E-state index < -0.39 is 19.9 Å². The minimum atomic E-state index is -3.32. The van der Waals surface area contributed by atoms with Crippen LogP contribution in [0.4, 0.5) is 0 Å². The molecule has 0 aromatic heterocycles. The van der Waals surface area contributed by atoms with Crippen molar-refractivity contribution >= 4 is 19.9 Å². The number of sulfone groups is 1. The number of unbranched alkanes of at least 4 members (excludes halogenated alkanes) is 1. The Kier molecular flexibility index (Phi) is 6.90. The Morgan fingerprint density at radius 1 is 1.15 bits per heavy atom. The van der Waals surface area contributed by atoms with E-state index in [-0.39, 0.29) is 23.8 Å². The Bertz CT molecular complexity index is 486. The first-order valence-corrected chi connectivity index (χ1v) is 10.6. The van der Waals surface area contributed by atoms with Gasteiger partial charge in [-0.2, -0.15) is 0 Å². The Morgan fingerprint density at radius 3 is 2.50 bits per heavy atom. The number of hydrogen-bond donors (Lipinski definition) is 1. The van der Waals surface area contributed by atoms with E-state index in [1.165, 1.54) is 4.31 Å². The van der Waals surface area contributed by atoms with E-state index in [9.17, 15) is 16.8 Å². The SMILES string of the molecule is CC(C)NCCCCS(=O)(=O)N1CCCS(=O)(=O)CC1. The zero-order chi connectivity index (χ0) is 15.2. The summed E-state index contributed by atoms with van der Waals surface area (Å²) in [6, 6.07) is 0.405. The van der Waals surface area contributed by atoms with Crippen molar-refractivity contribution in [3.8, 4) is 0 Å². The molecule has 120 valence electrons. The van der Waals surface area contributed by atoms with E-state index in [4.69, 9.17) is 0 Å². The Labute approximate surface area is 122 Å². The minimum Gasteiger partial charge on any atom is -0.315 e. The lowest BCUT2D eigenvalue weighted by molar-refractivity contribution is 0.432. The number of nitrogens with zero attached hydrogens (tertiary/aromatic N) is 1. The van der Waals surface area contributed by atoms with E-state index >= 15 is 0 Å². The van der Waals surface area contributed by atoms with Crippen LogP contribution in [0.1, 0.15) is 33.1 Å². The molecule has 1 heterocycles. The predicted molar refractivity (Wildman–Crippen MR) is 81.0 cm³/mol. The second-order valence-electron chi connectivity index (χ2n) is 5.54. The van der Waals surface area contributed by atoms with Gasteiger partial charge in [-0.05, 0) is 25.8 Å². The van der Waals surface area contributed by atoms with E-state index in [2.05, 4.69) is 19.2 Å². The summed E-state index contributed by atoms with van der Waals surface area (Å²) in [6.07, 6.45) is 1.81. The summed E-state index contributed by atoms with van der Waals surface area (Å²) < 4.78 is 48.6. The van der Waals surface area contributed by atoms with Gasteiger partial charge in [0, 0.05) is 19.1 Å². The van der Waals surface area contributed by atoms with Gasteiger partial charge in [-0.1, -0.05) is 13.8 Å². The summed E-state index contributed by atoms with van der Waals surface area (Å²) in [5.74, 6) is 0.144. The van der Waals surface area contributed by atoms with Crippen LogP contribution in [0, 0.1) is 0 Å². The fourth-order valence-corrected chi connectivity index (χ4v) is 5.11. The number of hydrogen-bond acceptors (Lipinski definition) is 5. The molecule has 0 radical (unpaired) electrons. The van der Waals surface area contributed by atoms with Gasteiger partial charge in [0.1, 0.15) is 0 Å². The average Bonchev–Trinajstić information content (AvgIpc) is 2.49. The third-order valence-corrected chi connectivity index (χ3v) is 6.96. The van der Waals surface area contributed by atoms with Crippen molar-refractivity contribution in [1.29, 1.82) is 0 Å². The number of nitrogens with one attached hydrogen (secondary N) is 1. The van der Waals surface area contributed by atoms with Gasteiger partial charge in [-0.3, -0.25) is 0 Å². The largest absolute Gasteiger partial charge is 0.315 e. The summed E-state index contributed by atoms with van der Waals surface area (Å²) in [5.41, 5.74) is 0. The van der Waals surface area contributed by atoms with Gasteiger partial charge in [0.15, 0.2) is 9.84 Å². The lowest BCUT2D eigenvalue weighted by Crippen LogP contribution is -2.35. The van der Waals surface area contributed by atoms with Crippen LogP contribution in [0.2, 0.25) is 0 Å². The first kappa shape index (κ1) is 17.9. The normalized spacial score (nSPS) is 20.9. The van der Waals surface area contributed by atoms with Crippen LogP contribution in [-0.2, 0) is 19.9 Å². The Balaban J connectivity index is 2.40. The average molecular weight is 326 g/mol. The molecule has 0 saturated carbocycles. The minimum absolute atomic E-state index is 0.0544. The summed E-state index contributed by atoms with van der Waals surface area (Å²) >= 11 is 0. The van der Waals surface area contributed by atoms with Crippen molar-refractivity contribution in [2.75, 3.05) is 36.9 Å². The fraction of sp³-hybridized carbons (Fsp3) is 1.00. The van der Waals surface area contributed by atoms with Crippen LogP contribution >= 0.6 is 0 Å². The van der Waals surface area contributed by atoms with Gasteiger partial charge in [-0.15, -0.1) is 0 Å². The lowest BCUT2D eigenvalue weighted by Gasteiger charge is -2.19. The molecular weight excluding hydrogens is 300 g/mol. The fourth-order valence-electron chi connectivity index (χ4n) is 2.12. The third-order valence-electron chi connectivity index (χ3n) is 3.29. The van der Waals surface area contributed by atoms with Crippen LogP contribution in [0.3, 0.4) is 0 Å². The second-order valence-corrected chi connectivity index (χ2v) is 9.93. The topological polar surface area (TPSA) is 83.6 Å². The summed E-state index contributed by atoms with van der Waals surface area (Å²) in [6.45, 7) is 5.34. The molecular formula is C12H26N2O4S2. The highest BCUT2D eigenvalue weighted by Crippen LogP contribution is 2.11. The predicted octanol–water partition coefficient (Wildman–Crippen LogP) is 0.215. The molecule has 1 saturated heterocycles. The molecule has 0 aromatic rings. The molecule has 0 unspecified atom stereocenters. The van der Waals surface area contributed by atoms with Crippen LogP contribution in [0.5, 0.6) is 0 Å². The van der Waals surface area contributed by atoms with Gasteiger partial charge in [0.2, 0.25) is 10.0 Å². The smallest absolute Gasteiger partial charge is 0.214 e. The van der Waals surface area contributed by atoms with Gasteiger partial charge < -0.3 is 5.32 Å². The van der Waals surface area contributed by atoms with Gasteiger partial charge in [-0.25, -0.2) is 21.1 Å². The number of sulfonamides is 1. The Morgan fingerprint density at radius 2 is 1.85 bits per heavy atom. The monoisotopic (exact) mass is 326 g/mol. The highest BCUT2D eigenvalue weighted by molar-refractivity contribution is 7.91. The summed E-state index contributed by atoms with van der Waals surface area (Å²) in [7, 11) is -6.38. The van der Waals surface area contributed by atoms with Crippen LogP contribution in [0.15, 0.2) is 0 Å². The highest BCUT2D eigenvalue weighted by atomic mass is 32.2. The standard InChI is InChI=1S/C12H26N2O4S2/c1-12(2)13-6-3-4-10-20(17,18)14-7-5-9-19(15,16)11-8-14/h12-13H,3-11H2,1-2H3. The molecule has 8 heteroatoms. The van der Waals surface area contributed by atoms with E-state index in [1.807, 2.05) is 0 Å². The molecule has 0 aromatic carbocycles. The zero-order valence-corrected chi connectivity index (χ0v) is 14.0. The molecule has 20 heavy (non-hydrogen) atoms. The molecule has 1 aliphatic rings. The maximum Gasteiger partial charge on any atom is 0.214 e. The molecule has 0 aliphatic carbocycles. The van der Waals surface area contributed by atoms with Crippen LogP contribution in [-0.4, -0.2) is 64.1 Å².